The van der Waals surface area contributed by atoms with Crippen LogP contribution in [0.15, 0.2) is 35.2 Å². The molecule has 0 bridgehead atoms. The van der Waals surface area contributed by atoms with Crippen molar-refractivity contribution >= 4 is 34.0 Å². The van der Waals surface area contributed by atoms with Crippen LogP contribution in [0.1, 0.15) is 23.8 Å². The molecule has 0 saturated heterocycles. The summed E-state index contributed by atoms with van der Waals surface area (Å²) in [5.41, 5.74) is 4.98. The van der Waals surface area contributed by atoms with Crippen molar-refractivity contribution in [3.8, 4) is 0 Å². The van der Waals surface area contributed by atoms with Gasteiger partial charge in [0, 0.05) is 5.38 Å². The number of rotatable bonds is 3. The molecule has 0 fully saturated rings. The number of para-hydroxylation sites is 2. The molecule has 0 radical (unpaired) electrons. The van der Waals surface area contributed by atoms with Crippen molar-refractivity contribution in [2.75, 3.05) is 0 Å². The topological polar surface area (TPSA) is 30.7 Å². The molecular weight excluding hydrogens is 266 g/mol. The standard InChI is InChI=1S/C13H12ClN3S/c1-9(14)13-16-11-4-2-3-5-12(11)17(13)6-10-7-18-8-15-10/h2-5,7-9H,6H2,1H3. The molecule has 0 amide bonds. The molecule has 18 heavy (non-hydrogen) atoms. The number of halogens is 1. The molecule has 1 unspecified atom stereocenters. The van der Waals surface area contributed by atoms with Crippen LogP contribution < -0.4 is 0 Å². The molecule has 2 heterocycles. The van der Waals surface area contributed by atoms with Gasteiger partial charge in [-0.1, -0.05) is 12.1 Å². The molecule has 1 atom stereocenters. The van der Waals surface area contributed by atoms with Crippen LogP contribution in [-0.2, 0) is 6.54 Å². The average Bonchev–Trinajstić information content (AvgIpc) is 2.98. The highest BCUT2D eigenvalue weighted by molar-refractivity contribution is 7.07. The van der Waals surface area contributed by atoms with Crippen molar-refractivity contribution in [2.24, 2.45) is 0 Å². The van der Waals surface area contributed by atoms with Crippen molar-refractivity contribution in [1.82, 2.24) is 14.5 Å². The van der Waals surface area contributed by atoms with E-state index >= 15 is 0 Å². The smallest absolute Gasteiger partial charge is 0.128 e. The predicted molar refractivity (Wildman–Crippen MR) is 75.2 cm³/mol. The van der Waals surface area contributed by atoms with Crippen LogP contribution >= 0.6 is 22.9 Å². The van der Waals surface area contributed by atoms with Crippen molar-refractivity contribution < 1.29 is 0 Å². The lowest BCUT2D eigenvalue weighted by Gasteiger charge is -2.08. The first-order valence-electron chi connectivity index (χ1n) is 5.72. The number of aromatic nitrogens is 3. The lowest BCUT2D eigenvalue weighted by molar-refractivity contribution is 0.731. The molecule has 1 aromatic carbocycles. The first-order chi connectivity index (χ1) is 8.75. The minimum Gasteiger partial charge on any atom is -0.321 e. The van der Waals surface area contributed by atoms with E-state index in [2.05, 4.69) is 26.0 Å². The summed E-state index contributed by atoms with van der Waals surface area (Å²) in [7, 11) is 0. The summed E-state index contributed by atoms with van der Waals surface area (Å²) in [5, 5.41) is 1.94. The Bertz CT molecular complexity index is 658. The number of fused-ring (bicyclic) bond motifs is 1. The fourth-order valence-electron chi connectivity index (χ4n) is 2.04. The minimum atomic E-state index is -0.115. The molecule has 0 saturated carbocycles. The SMILES string of the molecule is CC(Cl)c1nc2ccccc2n1Cc1cscn1. The number of nitrogens with zero attached hydrogens (tertiary/aromatic N) is 3. The summed E-state index contributed by atoms with van der Waals surface area (Å²) in [6.07, 6.45) is 0. The zero-order chi connectivity index (χ0) is 12.5. The van der Waals surface area contributed by atoms with E-state index in [-0.39, 0.29) is 5.38 Å². The van der Waals surface area contributed by atoms with Crippen molar-refractivity contribution in [1.29, 1.82) is 0 Å². The third kappa shape index (κ3) is 2.02. The Morgan fingerprint density at radius 3 is 2.94 bits per heavy atom. The van der Waals surface area contributed by atoms with Crippen LogP contribution in [0.3, 0.4) is 0 Å². The maximum Gasteiger partial charge on any atom is 0.128 e. The second-order valence-electron chi connectivity index (χ2n) is 4.14. The van der Waals surface area contributed by atoms with Gasteiger partial charge < -0.3 is 4.57 Å². The summed E-state index contributed by atoms with van der Waals surface area (Å²) in [6, 6.07) is 8.09. The van der Waals surface area contributed by atoms with Gasteiger partial charge in [0.25, 0.3) is 0 Å². The second kappa shape index (κ2) is 4.71. The fraction of sp³-hybridized carbons (Fsp3) is 0.231. The molecule has 3 aromatic rings. The van der Waals surface area contributed by atoms with Gasteiger partial charge in [-0.3, -0.25) is 0 Å². The van der Waals surface area contributed by atoms with E-state index in [0.717, 1.165) is 29.1 Å². The van der Waals surface area contributed by atoms with Crippen LogP contribution in [0.5, 0.6) is 0 Å². The zero-order valence-corrected chi connectivity index (χ0v) is 11.4. The highest BCUT2D eigenvalue weighted by Gasteiger charge is 2.15. The van der Waals surface area contributed by atoms with Gasteiger partial charge in [0.1, 0.15) is 5.82 Å². The number of benzene rings is 1. The van der Waals surface area contributed by atoms with E-state index in [0.29, 0.717) is 0 Å². The van der Waals surface area contributed by atoms with Crippen molar-refractivity contribution in [3.05, 3.63) is 46.7 Å². The average molecular weight is 278 g/mol. The largest absolute Gasteiger partial charge is 0.321 e. The molecule has 92 valence electrons. The quantitative estimate of drug-likeness (QED) is 0.681. The van der Waals surface area contributed by atoms with Gasteiger partial charge in [0.05, 0.1) is 34.2 Å². The van der Waals surface area contributed by atoms with Crippen molar-refractivity contribution in [3.63, 3.8) is 0 Å². The Morgan fingerprint density at radius 1 is 1.39 bits per heavy atom. The van der Waals surface area contributed by atoms with E-state index in [9.17, 15) is 0 Å². The van der Waals surface area contributed by atoms with E-state index in [4.69, 9.17) is 11.6 Å². The summed E-state index contributed by atoms with van der Waals surface area (Å²) < 4.78 is 2.14. The molecule has 2 aromatic heterocycles. The first-order valence-corrected chi connectivity index (χ1v) is 7.10. The summed E-state index contributed by atoms with van der Waals surface area (Å²) in [4.78, 5) is 8.92. The Morgan fingerprint density at radius 2 is 2.22 bits per heavy atom. The molecule has 0 N–H and O–H groups in total. The van der Waals surface area contributed by atoms with Gasteiger partial charge in [-0.25, -0.2) is 9.97 Å². The lowest BCUT2D eigenvalue weighted by atomic mass is 10.3. The molecule has 5 heteroatoms. The Kier molecular flexibility index (Phi) is 3.06. The highest BCUT2D eigenvalue weighted by atomic mass is 35.5. The number of imidazole rings is 1. The van der Waals surface area contributed by atoms with Crippen LogP contribution in [-0.4, -0.2) is 14.5 Å². The van der Waals surface area contributed by atoms with Gasteiger partial charge in [-0.05, 0) is 19.1 Å². The monoisotopic (exact) mass is 277 g/mol. The van der Waals surface area contributed by atoms with E-state index in [1.165, 1.54) is 0 Å². The second-order valence-corrected chi connectivity index (χ2v) is 5.51. The fourth-order valence-corrected chi connectivity index (χ4v) is 2.76. The van der Waals surface area contributed by atoms with Gasteiger partial charge in [-0.2, -0.15) is 0 Å². The number of hydrogen-bond donors (Lipinski definition) is 0. The third-order valence-corrected chi connectivity index (χ3v) is 3.67. The number of thiazole rings is 1. The van der Waals surface area contributed by atoms with Crippen LogP contribution in [0.2, 0.25) is 0 Å². The molecule has 0 aliphatic rings. The third-order valence-electron chi connectivity index (χ3n) is 2.84. The summed E-state index contributed by atoms with van der Waals surface area (Å²) in [6.45, 7) is 2.66. The Balaban J connectivity index is 2.15. The van der Waals surface area contributed by atoms with Crippen LogP contribution in [0.25, 0.3) is 11.0 Å². The van der Waals surface area contributed by atoms with E-state index < -0.39 is 0 Å². The van der Waals surface area contributed by atoms with E-state index in [1.807, 2.05) is 30.6 Å². The van der Waals surface area contributed by atoms with Gasteiger partial charge in [0.15, 0.2) is 0 Å². The Hall–Kier alpha value is -1.39. The van der Waals surface area contributed by atoms with Crippen LogP contribution in [0, 0.1) is 0 Å². The Labute approximate surface area is 114 Å². The van der Waals surface area contributed by atoms with Crippen molar-refractivity contribution in [2.45, 2.75) is 18.8 Å². The lowest BCUT2D eigenvalue weighted by Crippen LogP contribution is -2.05. The molecular formula is C13H12ClN3S. The van der Waals surface area contributed by atoms with E-state index in [1.54, 1.807) is 11.3 Å². The molecule has 0 aliphatic heterocycles. The molecule has 3 nitrogen and oxygen atoms in total. The summed E-state index contributed by atoms with van der Waals surface area (Å²) in [5.74, 6) is 0.894. The van der Waals surface area contributed by atoms with Gasteiger partial charge in [0.2, 0.25) is 0 Å². The zero-order valence-electron chi connectivity index (χ0n) is 9.88. The predicted octanol–water partition coefficient (Wildman–Crippen LogP) is 3.84. The normalized spacial score (nSPS) is 13.0. The maximum atomic E-state index is 6.22. The van der Waals surface area contributed by atoms with Gasteiger partial charge >= 0.3 is 0 Å². The number of hydrogen-bond acceptors (Lipinski definition) is 3. The summed E-state index contributed by atoms with van der Waals surface area (Å²) >= 11 is 7.82. The minimum absolute atomic E-state index is 0.115. The number of alkyl halides is 1. The highest BCUT2D eigenvalue weighted by Crippen LogP contribution is 2.25. The molecule has 0 aliphatic carbocycles. The first kappa shape index (κ1) is 11.7. The molecule has 0 spiro atoms. The molecule has 3 rings (SSSR count). The van der Waals surface area contributed by atoms with Crippen LogP contribution in [0.4, 0.5) is 0 Å². The van der Waals surface area contributed by atoms with Gasteiger partial charge in [-0.15, -0.1) is 22.9 Å². The maximum absolute atomic E-state index is 6.22.